The van der Waals surface area contributed by atoms with E-state index in [2.05, 4.69) is 24.1 Å². The van der Waals surface area contributed by atoms with Crippen LogP contribution >= 0.6 is 0 Å². The first kappa shape index (κ1) is 11.2. The minimum Gasteiger partial charge on any atom is -0.352 e. The number of hydrogen-bond donors (Lipinski definition) is 2. The summed E-state index contributed by atoms with van der Waals surface area (Å²) in [5.41, 5.74) is 0. The molecule has 2 N–H and O–H groups in total. The van der Waals surface area contributed by atoms with Crippen LogP contribution in [-0.2, 0) is 4.79 Å². The number of rotatable bonds is 7. The molecule has 80 valence electrons. The zero-order chi connectivity index (χ0) is 10.4. The predicted octanol–water partition coefficient (Wildman–Crippen LogP) is 1.07. The van der Waals surface area contributed by atoms with Gasteiger partial charge in [-0.2, -0.15) is 0 Å². The summed E-state index contributed by atoms with van der Waals surface area (Å²) in [4.78, 5) is 11.2. The summed E-state index contributed by atoms with van der Waals surface area (Å²) >= 11 is 0. The van der Waals surface area contributed by atoms with E-state index in [9.17, 15) is 4.79 Å². The maximum absolute atomic E-state index is 11.2. The lowest BCUT2D eigenvalue weighted by atomic mass is 10.1. The molecule has 0 aliphatic heterocycles. The van der Waals surface area contributed by atoms with Gasteiger partial charge in [0.05, 0.1) is 6.54 Å². The van der Waals surface area contributed by atoms with Crippen LogP contribution in [0.15, 0.2) is 12.7 Å². The van der Waals surface area contributed by atoms with Crippen molar-refractivity contribution < 1.29 is 4.79 Å². The zero-order valence-corrected chi connectivity index (χ0v) is 8.88. The summed E-state index contributed by atoms with van der Waals surface area (Å²) < 4.78 is 0. The maximum atomic E-state index is 11.2. The van der Waals surface area contributed by atoms with Crippen molar-refractivity contribution in [2.24, 2.45) is 5.92 Å². The van der Waals surface area contributed by atoms with Crippen molar-refractivity contribution in [3.63, 3.8) is 0 Å². The smallest absolute Gasteiger partial charge is 0.234 e. The van der Waals surface area contributed by atoms with Crippen LogP contribution in [0.4, 0.5) is 0 Å². The van der Waals surface area contributed by atoms with Gasteiger partial charge in [-0.3, -0.25) is 4.79 Å². The summed E-state index contributed by atoms with van der Waals surface area (Å²) in [6, 6.07) is 0.456. The van der Waals surface area contributed by atoms with E-state index in [-0.39, 0.29) is 5.91 Å². The fraction of sp³-hybridized carbons (Fsp3) is 0.727. The molecule has 0 aromatic carbocycles. The van der Waals surface area contributed by atoms with Crippen LogP contribution in [0.25, 0.3) is 0 Å². The Labute approximate surface area is 86.0 Å². The van der Waals surface area contributed by atoms with Crippen molar-refractivity contribution >= 4 is 5.91 Å². The highest BCUT2D eigenvalue weighted by Gasteiger charge is 2.23. The predicted molar refractivity (Wildman–Crippen MR) is 58.0 cm³/mol. The van der Waals surface area contributed by atoms with E-state index in [1.54, 1.807) is 6.08 Å². The first-order chi connectivity index (χ1) is 6.72. The van der Waals surface area contributed by atoms with Gasteiger partial charge in [0.15, 0.2) is 0 Å². The Morgan fingerprint density at radius 2 is 2.36 bits per heavy atom. The van der Waals surface area contributed by atoms with Gasteiger partial charge in [0.25, 0.3) is 0 Å². The molecule has 1 aliphatic rings. The average Bonchev–Trinajstić information content (AvgIpc) is 2.95. The van der Waals surface area contributed by atoms with Crippen LogP contribution in [0.1, 0.15) is 26.2 Å². The van der Waals surface area contributed by atoms with Crippen molar-refractivity contribution in [1.82, 2.24) is 10.6 Å². The summed E-state index contributed by atoms with van der Waals surface area (Å²) in [7, 11) is 0. The zero-order valence-electron chi connectivity index (χ0n) is 8.88. The van der Waals surface area contributed by atoms with Gasteiger partial charge in [0, 0.05) is 12.6 Å². The average molecular weight is 196 g/mol. The van der Waals surface area contributed by atoms with E-state index in [4.69, 9.17) is 0 Å². The molecule has 3 heteroatoms. The Balaban J connectivity index is 1.99. The summed E-state index contributed by atoms with van der Waals surface area (Å²) in [5, 5.41) is 5.95. The topological polar surface area (TPSA) is 41.1 Å². The molecule has 0 bridgehead atoms. The molecule has 1 aliphatic carbocycles. The largest absolute Gasteiger partial charge is 0.352 e. The molecule has 0 aromatic heterocycles. The minimum atomic E-state index is 0.0487. The van der Waals surface area contributed by atoms with Gasteiger partial charge in [-0.25, -0.2) is 0 Å². The molecule has 14 heavy (non-hydrogen) atoms. The van der Waals surface area contributed by atoms with Crippen LogP contribution in [0.3, 0.4) is 0 Å². The third-order valence-corrected chi connectivity index (χ3v) is 2.44. The Morgan fingerprint density at radius 1 is 1.64 bits per heavy atom. The van der Waals surface area contributed by atoms with Crippen LogP contribution in [0.5, 0.6) is 0 Å². The fourth-order valence-corrected chi connectivity index (χ4v) is 1.45. The quantitative estimate of drug-likeness (QED) is 0.598. The molecule has 3 nitrogen and oxygen atoms in total. The van der Waals surface area contributed by atoms with E-state index in [0.29, 0.717) is 19.1 Å². The molecule has 0 radical (unpaired) electrons. The van der Waals surface area contributed by atoms with E-state index in [1.165, 1.54) is 19.3 Å². The van der Waals surface area contributed by atoms with Gasteiger partial charge in [-0.1, -0.05) is 18.9 Å². The van der Waals surface area contributed by atoms with Crippen LogP contribution in [-0.4, -0.2) is 25.0 Å². The number of amides is 1. The third-order valence-electron chi connectivity index (χ3n) is 2.44. The molecule has 0 saturated heterocycles. The maximum Gasteiger partial charge on any atom is 0.234 e. The second-order valence-corrected chi connectivity index (χ2v) is 4.05. The van der Waals surface area contributed by atoms with Gasteiger partial charge in [0.2, 0.25) is 5.91 Å². The van der Waals surface area contributed by atoms with Crippen molar-refractivity contribution in [2.45, 2.75) is 32.2 Å². The standard InChI is InChI=1S/C11H20N2O/c1-3-6-12-11(14)8-13-9(2)7-10-4-5-10/h3,9-10,13H,1,4-8H2,2H3,(H,12,14). The fourth-order valence-electron chi connectivity index (χ4n) is 1.45. The molecule has 1 fully saturated rings. The highest BCUT2D eigenvalue weighted by atomic mass is 16.1. The van der Waals surface area contributed by atoms with Gasteiger partial charge in [0.1, 0.15) is 0 Å². The number of hydrogen-bond acceptors (Lipinski definition) is 2. The van der Waals surface area contributed by atoms with Crippen LogP contribution < -0.4 is 10.6 Å². The highest BCUT2D eigenvalue weighted by Crippen LogP contribution is 2.33. The highest BCUT2D eigenvalue weighted by molar-refractivity contribution is 5.78. The van der Waals surface area contributed by atoms with E-state index < -0.39 is 0 Å². The van der Waals surface area contributed by atoms with E-state index in [1.807, 2.05) is 0 Å². The van der Waals surface area contributed by atoms with Crippen molar-refractivity contribution in [3.05, 3.63) is 12.7 Å². The first-order valence-corrected chi connectivity index (χ1v) is 5.33. The van der Waals surface area contributed by atoms with Crippen molar-refractivity contribution in [3.8, 4) is 0 Å². The number of carbonyl (C=O) groups is 1. The lowest BCUT2D eigenvalue weighted by molar-refractivity contribution is -0.120. The Kier molecular flexibility index (Phi) is 4.66. The molecule has 1 rings (SSSR count). The SMILES string of the molecule is C=CCNC(=O)CNC(C)CC1CC1. The minimum absolute atomic E-state index is 0.0487. The molecule has 1 atom stereocenters. The van der Waals surface area contributed by atoms with Gasteiger partial charge in [-0.05, 0) is 19.3 Å². The Morgan fingerprint density at radius 3 is 2.93 bits per heavy atom. The Hall–Kier alpha value is -0.830. The van der Waals surface area contributed by atoms with E-state index in [0.717, 1.165) is 5.92 Å². The summed E-state index contributed by atoms with van der Waals surface area (Å²) in [6.45, 7) is 6.65. The van der Waals surface area contributed by atoms with E-state index >= 15 is 0 Å². The Bertz CT molecular complexity index is 199. The first-order valence-electron chi connectivity index (χ1n) is 5.33. The third kappa shape index (κ3) is 5.02. The molecule has 1 amide bonds. The second kappa shape index (κ2) is 5.81. The van der Waals surface area contributed by atoms with Gasteiger partial charge in [-0.15, -0.1) is 6.58 Å². The van der Waals surface area contributed by atoms with Crippen LogP contribution in [0.2, 0.25) is 0 Å². The van der Waals surface area contributed by atoms with Crippen molar-refractivity contribution in [2.75, 3.05) is 13.1 Å². The molecule has 0 spiro atoms. The lowest BCUT2D eigenvalue weighted by Crippen LogP contribution is -2.38. The molecule has 0 heterocycles. The monoisotopic (exact) mass is 196 g/mol. The molecular formula is C11H20N2O. The van der Waals surface area contributed by atoms with Gasteiger partial charge >= 0.3 is 0 Å². The normalized spacial score (nSPS) is 17.5. The van der Waals surface area contributed by atoms with Gasteiger partial charge < -0.3 is 10.6 Å². The lowest BCUT2D eigenvalue weighted by Gasteiger charge is -2.12. The van der Waals surface area contributed by atoms with Crippen molar-refractivity contribution in [1.29, 1.82) is 0 Å². The second-order valence-electron chi connectivity index (χ2n) is 4.05. The summed E-state index contributed by atoms with van der Waals surface area (Å²) in [6.07, 6.45) is 5.63. The molecular weight excluding hydrogens is 176 g/mol. The molecule has 1 unspecified atom stereocenters. The van der Waals surface area contributed by atoms with Crippen LogP contribution in [0, 0.1) is 5.92 Å². The molecule has 0 aromatic rings. The summed E-state index contributed by atoms with van der Waals surface area (Å²) in [5.74, 6) is 0.960. The molecule has 1 saturated carbocycles. The number of carbonyl (C=O) groups excluding carboxylic acids is 1. The number of nitrogens with one attached hydrogen (secondary N) is 2.